The Labute approximate surface area is 180 Å². The van der Waals surface area contributed by atoms with Crippen LogP contribution in [0.15, 0.2) is 48.5 Å². The maximum Gasteiger partial charge on any atom is 0.292 e. The van der Waals surface area contributed by atoms with E-state index in [1.165, 1.54) is 18.2 Å². The summed E-state index contributed by atoms with van der Waals surface area (Å²) in [5, 5.41) is 14.6. The van der Waals surface area contributed by atoms with E-state index in [0.717, 1.165) is 5.56 Å². The molecule has 1 amide bonds. The van der Waals surface area contributed by atoms with Crippen LogP contribution in [0, 0.1) is 21.8 Å². The van der Waals surface area contributed by atoms with Crippen LogP contribution in [0.5, 0.6) is 0 Å². The second kappa shape index (κ2) is 9.01. The molecule has 2 aliphatic heterocycles. The molecule has 0 bridgehead atoms. The topological polar surface area (TPSA) is 84.7 Å². The Kier molecular flexibility index (Phi) is 6.18. The lowest BCUT2D eigenvalue weighted by molar-refractivity contribution is -0.384. The summed E-state index contributed by atoms with van der Waals surface area (Å²) in [4.78, 5) is 26.1. The van der Waals surface area contributed by atoms with Gasteiger partial charge in [0.05, 0.1) is 10.5 Å². The monoisotopic (exact) mass is 427 g/mol. The average Bonchev–Trinajstić information content (AvgIpc) is 2.80. The van der Waals surface area contributed by atoms with Crippen LogP contribution in [0.2, 0.25) is 0 Å². The lowest BCUT2D eigenvalue weighted by Crippen LogP contribution is -2.52. The number of ether oxygens (including phenoxy) is 1. The van der Waals surface area contributed by atoms with Crippen molar-refractivity contribution in [2.45, 2.75) is 31.2 Å². The van der Waals surface area contributed by atoms with Gasteiger partial charge in [-0.25, -0.2) is 4.39 Å². The zero-order valence-electron chi connectivity index (χ0n) is 17.3. The van der Waals surface area contributed by atoms with Gasteiger partial charge in [0.25, 0.3) is 5.69 Å². The van der Waals surface area contributed by atoms with Gasteiger partial charge in [0.1, 0.15) is 11.5 Å². The molecule has 2 saturated heterocycles. The number of para-hydroxylation sites is 2. The summed E-state index contributed by atoms with van der Waals surface area (Å²) < 4.78 is 18.9. The lowest BCUT2D eigenvalue weighted by Gasteiger charge is -2.40. The van der Waals surface area contributed by atoms with E-state index in [1.807, 2.05) is 4.90 Å². The molecule has 0 spiro atoms. The quantitative estimate of drug-likeness (QED) is 0.580. The second-order valence-corrected chi connectivity index (χ2v) is 8.20. The number of hydrogen-bond acceptors (Lipinski definition) is 5. The summed E-state index contributed by atoms with van der Waals surface area (Å²) in [7, 11) is 0. The Bertz CT molecular complexity index is 936. The first-order valence-corrected chi connectivity index (χ1v) is 10.6. The molecule has 0 unspecified atom stereocenters. The first kappa shape index (κ1) is 21.2. The number of amides is 1. The highest BCUT2D eigenvalue weighted by Crippen LogP contribution is 2.35. The van der Waals surface area contributed by atoms with Crippen molar-refractivity contribution >= 4 is 17.3 Å². The number of anilines is 1. The fraction of sp³-hybridized carbons (Fsp3) is 0.435. The number of hydrogen-bond donors (Lipinski definition) is 1. The lowest BCUT2D eigenvalue weighted by atomic mass is 9.81. The molecule has 4 rings (SSSR count). The first-order chi connectivity index (χ1) is 15.0. The molecular weight excluding hydrogens is 401 g/mol. The number of halogens is 1. The molecule has 2 aromatic carbocycles. The van der Waals surface area contributed by atoms with Crippen LogP contribution in [-0.4, -0.2) is 37.1 Å². The van der Waals surface area contributed by atoms with E-state index >= 15 is 0 Å². The first-order valence-electron chi connectivity index (χ1n) is 10.6. The third-order valence-electron chi connectivity index (χ3n) is 6.39. The Morgan fingerprint density at radius 3 is 2.39 bits per heavy atom. The third kappa shape index (κ3) is 4.54. The van der Waals surface area contributed by atoms with Crippen molar-refractivity contribution in [2.24, 2.45) is 5.92 Å². The Hall–Kier alpha value is -3.00. The van der Waals surface area contributed by atoms with Crippen LogP contribution in [-0.2, 0) is 15.1 Å². The number of rotatable bonds is 5. The minimum absolute atomic E-state index is 0.0200. The summed E-state index contributed by atoms with van der Waals surface area (Å²) in [5.74, 6) is -0.493. The van der Waals surface area contributed by atoms with Gasteiger partial charge >= 0.3 is 0 Å². The van der Waals surface area contributed by atoms with E-state index in [9.17, 15) is 19.3 Å². The van der Waals surface area contributed by atoms with Crippen molar-refractivity contribution in [1.82, 2.24) is 5.32 Å². The van der Waals surface area contributed by atoms with E-state index in [4.69, 9.17) is 4.74 Å². The van der Waals surface area contributed by atoms with Gasteiger partial charge in [-0.1, -0.05) is 24.3 Å². The predicted octanol–water partition coefficient (Wildman–Crippen LogP) is 3.77. The molecule has 0 saturated carbocycles. The smallest absolute Gasteiger partial charge is 0.292 e. The number of nitro groups is 1. The van der Waals surface area contributed by atoms with E-state index < -0.39 is 5.54 Å². The Morgan fingerprint density at radius 2 is 1.74 bits per heavy atom. The van der Waals surface area contributed by atoms with Gasteiger partial charge in [-0.15, -0.1) is 0 Å². The molecule has 7 nitrogen and oxygen atoms in total. The summed E-state index contributed by atoms with van der Waals surface area (Å²) in [6, 6.07) is 13.0. The number of nitrogens with zero attached hydrogens (tertiary/aromatic N) is 2. The molecule has 31 heavy (non-hydrogen) atoms. The minimum atomic E-state index is -0.557. The van der Waals surface area contributed by atoms with E-state index in [2.05, 4.69) is 5.32 Å². The van der Waals surface area contributed by atoms with Crippen molar-refractivity contribution in [2.75, 3.05) is 31.2 Å². The van der Waals surface area contributed by atoms with Crippen LogP contribution >= 0.6 is 0 Å². The van der Waals surface area contributed by atoms with Crippen LogP contribution in [0.25, 0.3) is 0 Å². The molecule has 2 heterocycles. The fourth-order valence-electron chi connectivity index (χ4n) is 4.58. The summed E-state index contributed by atoms with van der Waals surface area (Å²) in [6.07, 6.45) is 2.51. The van der Waals surface area contributed by atoms with Gasteiger partial charge < -0.3 is 15.0 Å². The number of carbonyl (C=O) groups is 1. The predicted molar refractivity (Wildman–Crippen MR) is 114 cm³/mol. The molecule has 2 fully saturated rings. The maximum absolute atomic E-state index is 13.4. The van der Waals surface area contributed by atoms with Gasteiger partial charge in [0.15, 0.2) is 0 Å². The highest BCUT2D eigenvalue weighted by molar-refractivity contribution is 5.80. The molecular formula is C23H26FN3O4. The molecule has 2 aliphatic rings. The van der Waals surface area contributed by atoms with Crippen molar-refractivity contribution in [3.8, 4) is 0 Å². The van der Waals surface area contributed by atoms with Crippen LogP contribution in [0.3, 0.4) is 0 Å². The SMILES string of the molecule is O=C(NC1(c2ccc(F)cc2)CCOCC1)C1CCN(c2ccccc2[N+](=O)[O-])CC1. The molecule has 0 aromatic heterocycles. The summed E-state index contributed by atoms with van der Waals surface area (Å²) in [5.41, 5.74) is 1.02. The standard InChI is InChI=1S/C23H26FN3O4/c24-19-7-5-18(6-8-19)23(11-15-31-16-12-23)25-22(28)17-9-13-26(14-10-17)20-3-1-2-4-21(20)27(29)30/h1-8,17H,9-16H2,(H,25,28). The normalized spacial score (nSPS) is 19.1. The van der Waals surface area contributed by atoms with Gasteiger partial charge in [0.2, 0.25) is 5.91 Å². The van der Waals surface area contributed by atoms with Crippen molar-refractivity contribution in [1.29, 1.82) is 0 Å². The van der Waals surface area contributed by atoms with Crippen molar-refractivity contribution < 1.29 is 18.8 Å². The van der Waals surface area contributed by atoms with Gasteiger partial charge in [-0.05, 0) is 49.4 Å². The van der Waals surface area contributed by atoms with Crippen LogP contribution in [0.1, 0.15) is 31.2 Å². The van der Waals surface area contributed by atoms with Crippen molar-refractivity contribution in [3.63, 3.8) is 0 Å². The molecule has 2 aromatic rings. The maximum atomic E-state index is 13.4. The molecule has 0 atom stereocenters. The van der Waals surface area contributed by atoms with Crippen LogP contribution < -0.4 is 10.2 Å². The zero-order chi connectivity index (χ0) is 21.8. The van der Waals surface area contributed by atoms with E-state index in [-0.39, 0.29) is 28.3 Å². The van der Waals surface area contributed by atoms with Gasteiger partial charge in [-0.3, -0.25) is 14.9 Å². The van der Waals surface area contributed by atoms with Gasteiger partial charge in [-0.2, -0.15) is 0 Å². The number of carbonyl (C=O) groups excluding carboxylic acids is 1. The van der Waals surface area contributed by atoms with Crippen molar-refractivity contribution in [3.05, 3.63) is 70.0 Å². The Morgan fingerprint density at radius 1 is 1.10 bits per heavy atom. The molecule has 1 N–H and O–H groups in total. The third-order valence-corrected chi connectivity index (χ3v) is 6.39. The molecule has 8 heteroatoms. The number of piperidine rings is 1. The summed E-state index contributed by atoms with van der Waals surface area (Å²) >= 11 is 0. The summed E-state index contributed by atoms with van der Waals surface area (Å²) in [6.45, 7) is 2.23. The number of benzene rings is 2. The largest absolute Gasteiger partial charge is 0.381 e. The second-order valence-electron chi connectivity index (χ2n) is 8.20. The van der Waals surface area contributed by atoms with Gasteiger partial charge in [0, 0.05) is 38.3 Å². The highest BCUT2D eigenvalue weighted by atomic mass is 19.1. The molecule has 0 aliphatic carbocycles. The minimum Gasteiger partial charge on any atom is -0.381 e. The van der Waals surface area contributed by atoms with E-state index in [1.54, 1.807) is 30.3 Å². The molecule has 0 radical (unpaired) electrons. The average molecular weight is 427 g/mol. The van der Waals surface area contributed by atoms with Crippen LogP contribution in [0.4, 0.5) is 15.8 Å². The van der Waals surface area contributed by atoms with E-state index in [0.29, 0.717) is 57.7 Å². The number of nitrogens with one attached hydrogen (secondary N) is 1. The Balaban J connectivity index is 1.44. The number of nitro benzene ring substituents is 1. The zero-order valence-corrected chi connectivity index (χ0v) is 17.3. The fourth-order valence-corrected chi connectivity index (χ4v) is 4.58. The molecule has 164 valence electrons. The highest BCUT2D eigenvalue weighted by Gasteiger charge is 2.38.